The fraction of sp³-hybridized carbons (Fsp3) is 0.714. The van der Waals surface area contributed by atoms with E-state index in [2.05, 4.69) is 6.58 Å². The second-order valence-electron chi connectivity index (χ2n) is 5.99. The number of amides is 1. The highest BCUT2D eigenvalue weighted by molar-refractivity contribution is 5.94. The van der Waals surface area contributed by atoms with Crippen molar-refractivity contribution in [3.63, 3.8) is 0 Å². The fourth-order valence-corrected chi connectivity index (χ4v) is 1.78. The first kappa shape index (κ1) is 14.7. The average molecular weight is 253 g/mol. The van der Waals surface area contributed by atoms with Crippen LogP contribution in [0.25, 0.3) is 0 Å². The minimum atomic E-state index is -0.446. The summed E-state index contributed by atoms with van der Waals surface area (Å²) in [6.45, 7) is 12.3. The molecule has 0 bridgehead atoms. The van der Waals surface area contributed by atoms with Gasteiger partial charge in [0.1, 0.15) is 5.60 Å². The van der Waals surface area contributed by atoms with Gasteiger partial charge >= 0.3 is 6.09 Å². The number of Topliss-reactive ketones (excluding diaryl/α,β-unsaturated/α-hetero) is 1. The molecule has 0 radical (unpaired) electrons. The molecule has 1 fully saturated rings. The Morgan fingerprint density at radius 3 is 2.33 bits per heavy atom. The van der Waals surface area contributed by atoms with Gasteiger partial charge in [-0.2, -0.15) is 0 Å². The van der Waals surface area contributed by atoms with Crippen LogP contribution in [0.4, 0.5) is 4.79 Å². The molecule has 0 unspecified atom stereocenters. The number of ketones is 1. The van der Waals surface area contributed by atoms with Crippen LogP contribution in [0.2, 0.25) is 0 Å². The molecule has 0 aromatic rings. The van der Waals surface area contributed by atoms with Crippen LogP contribution < -0.4 is 0 Å². The zero-order chi connectivity index (χ0) is 13.9. The van der Waals surface area contributed by atoms with Gasteiger partial charge in [-0.3, -0.25) is 4.79 Å². The monoisotopic (exact) mass is 253 g/mol. The summed E-state index contributed by atoms with van der Waals surface area (Å²) >= 11 is 0. The molecule has 0 spiro atoms. The molecule has 0 aromatic carbocycles. The molecule has 0 atom stereocenters. The Morgan fingerprint density at radius 1 is 1.33 bits per heavy atom. The third-order valence-electron chi connectivity index (χ3n) is 2.86. The van der Waals surface area contributed by atoms with E-state index in [-0.39, 0.29) is 11.9 Å². The van der Waals surface area contributed by atoms with Crippen LogP contribution in [0, 0.1) is 5.92 Å². The topological polar surface area (TPSA) is 46.6 Å². The van der Waals surface area contributed by atoms with E-state index in [0.29, 0.717) is 31.0 Å². The van der Waals surface area contributed by atoms with Gasteiger partial charge in [0.15, 0.2) is 5.78 Å². The van der Waals surface area contributed by atoms with E-state index in [1.165, 1.54) is 0 Å². The number of hydrogen-bond acceptors (Lipinski definition) is 3. The molecule has 102 valence electrons. The lowest BCUT2D eigenvalue weighted by Gasteiger charge is -2.39. The van der Waals surface area contributed by atoms with Crippen LogP contribution in [0.3, 0.4) is 0 Å². The number of carbonyl (C=O) groups excluding carboxylic acids is 2. The van der Waals surface area contributed by atoms with Crippen molar-refractivity contribution >= 4 is 11.9 Å². The van der Waals surface area contributed by atoms with Crippen molar-refractivity contribution < 1.29 is 14.3 Å². The van der Waals surface area contributed by atoms with Gasteiger partial charge in [0.2, 0.25) is 0 Å². The standard InChI is InChI=1S/C14H23NO3/c1-10(2)12(16)7-6-11-8-15(9-11)13(17)18-14(3,4)5/h11H,1,6-9H2,2-5H3. The van der Waals surface area contributed by atoms with Crippen molar-refractivity contribution in [2.75, 3.05) is 13.1 Å². The normalized spacial score (nSPS) is 16.1. The van der Waals surface area contributed by atoms with Crippen molar-refractivity contribution in [1.29, 1.82) is 0 Å². The fourth-order valence-electron chi connectivity index (χ4n) is 1.78. The Labute approximate surface area is 109 Å². The van der Waals surface area contributed by atoms with Gasteiger partial charge in [0.25, 0.3) is 0 Å². The Bertz CT molecular complexity index is 349. The lowest BCUT2D eigenvalue weighted by Crippen LogP contribution is -2.51. The number of rotatable bonds is 4. The van der Waals surface area contributed by atoms with Crippen LogP contribution >= 0.6 is 0 Å². The molecule has 1 heterocycles. The molecule has 18 heavy (non-hydrogen) atoms. The van der Waals surface area contributed by atoms with Crippen LogP contribution in [-0.2, 0) is 9.53 Å². The molecule has 1 aliphatic heterocycles. The van der Waals surface area contributed by atoms with E-state index in [4.69, 9.17) is 4.74 Å². The Kier molecular flexibility index (Phi) is 4.54. The first-order chi connectivity index (χ1) is 8.19. The number of hydrogen-bond donors (Lipinski definition) is 0. The lowest BCUT2D eigenvalue weighted by molar-refractivity contribution is -0.116. The Balaban J connectivity index is 2.22. The van der Waals surface area contributed by atoms with E-state index in [9.17, 15) is 9.59 Å². The number of likely N-dealkylation sites (tertiary alicyclic amines) is 1. The highest BCUT2D eigenvalue weighted by Crippen LogP contribution is 2.23. The van der Waals surface area contributed by atoms with Crippen LogP contribution in [0.15, 0.2) is 12.2 Å². The average Bonchev–Trinajstić information content (AvgIpc) is 2.11. The SMILES string of the molecule is C=C(C)C(=O)CCC1CN(C(=O)OC(C)(C)C)C1. The molecular weight excluding hydrogens is 230 g/mol. The van der Waals surface area contributed by atoms with Gasteiger partial charge in [-0.15, -0.1) is 0 Å². The predicted molar refractivity (Wildman–Crippen MR) is 70.4 cm³/mol. The van der Waals surface area contributed by atoms with E-state index >= 15 is 0 Å². The maximum absolute atomic E-state index is 11.7. The first-order valence-corrected chi connectivity index (χ1v) is 6.35. The number of allylic oxidation sites excluding steroid dienone is 1. The highest BCUT2D eigenvalue weighted by atomic mass is 16.6. The molecule has 0 N–H and O–H groups in total. The summed E-state index contributed by atoms with van der Waals surface area (Å²) in [5.41, 5.74) is 0.163. The lowest BCUT2D eigenvalue weighted by atomic mass is 9.93. The van der Waals surface area contributed by atoms with E-state index in [1.54, 1.807) is 11.8 Å². The van der Waals surface area contributed by atoms with Crippen LogP contribution in [0.1, 0.15) is 40.5 Å². The molecule has 1 aliphatic rings. The van der Waals surface area contributed by atoms with Gasteiger partial charge in [0, 0.05) is 19.5 Å². The molecular formula is C14H23NO3. The van der Waals surface area contributed by atoms with Crippen molar-refractivity contribution in [1.82, 2.24) is 4.90 Å². The van der Waals surface area contributed by atoms with Crippen molar-refractivity contribution in [3.05, 3.63) is 12.2 Å². The third kappa shape index (κ3) is 4.51. The van der Waals surface area contributed by atoms with E-state index in [1.807, 2.05) is 20.8 Å². The second kappa shape index (κ2) is 5.55. The molecule has 0 aliphatic carbocycles. The van der Waals surface area contributed by atoms with E-state index in [0.717, 1.165) is 6.42 Å². The number of ether oxygens (including phenoxy) is 1. The molecule has 1 saturated heterocycles. The molecule has 4 heteroatoms. The number of nitrogens with zero attached hydrogens (tertiary/aromatic N) is 1. The van der Waals surface area contributed by atoms with Gasteiger partial charge in [-0.05, 0) is 45.6 Å². The summed E-state index contributed by atoms with van der Waals surface area (Å²) in [6.07, 6.45) is 1.10. The van der Waals surface area contributed by atoms with Crippen molar-refractivity contribution in [2.24, 2.45) is 5.92 Å². The van der Waals surface area contributed by atoms with Gasteiger partial charge < -0.3 is 9.64 Å². The summed E-state index contributed by atoms with van der Waals surface area (Å²) in [5.74, 6) is 0.534. The third-order valence-corrected chi connectivity index (χ3v) is 2.86. The molecule has 0 saturated carbocycles. The summed E-state index contributed by atoms with van der Waals surface area (Å²) in [6, 6.07) is 0. The predicted octanol–water partition coefficient (Wildman–Crippen LogP) is 2.78. The second-order valence-corrected chi connectivity index (χ2v) is 5.99. The van der Waals surface area contributed by atoms with Crippen LogP contribution in [-0.4, -0.2) is 35.5 Å². The van der Waals surface area contributed by atoms with E-state index < -0.39 is 5.60 Å². The molecule has 1 amide bonds. The summed E-state index contributed by atoms with van der Waals surface area (Å²) < 4.78 is 5.26. The largest absolute Gasteiger partial charge is 0.444 e. The molecule has 0 aromatic heterocycles. The maximum Gasteiger partial charge on any atom is 0.410 e. The molecule has 4 nitrogen and oxygen atoms in total. The summed E-state index contributed by atoms with van der Waals surface area (Å²) in [4.78, 5) is 24.7. The maximum atomic E-state index is 11.7. The van der Waals surface area contributed by atoms with Crippen molar-refractivity contribution in [2.45, 2.75) is 46.1 Å². The van der Waals surface area contributed by atoms with Gasteiger partial charge in [-0.1, -0.05) is 6.58 Å². The zero-order valence-corrected chi connectivity index (χ0v) is 11.8. The van der Waals surface area contributed by atoms with Gasteiger partial charge in [-0.25, -0.2) is 4.79 Å². The van der Waals surface area contributed by atoms with Gasteiger partial charge in [0.05, 0.1) is 0 Å². The summed E-state index contributed by atoms with van der Waals surface area (Å²) in [7, 11) is 0. The Morgan fingerprint density at radius 2 is 1.89 bits per heavy atom. The quantitative estimate of drug-likeness (QED) is 0.724. The minimum Gasteiger partial charge on any atom is -0.444 e. The number of carbonyl (C=O) groups is 2. The highest BCUT2D eigenvalue weighted by Gasteiger charge is 2.33. The minimum absolute atomic E-state index is 0.116. The first-order valence-electron chi connectivity index (χ1n) is 6.35. The van der Waals surface area contributed by atoms with Crippen LogP contribution in [0.5, 0.6) is 0 Å². The summed E-state index contributed by atoms with van der Waals surface area (Å²) in [5, 5.41) is 0. The zero-order valence-electron chi connectivity index (χ0n) is 11.8. The molecule has 1 rings (SSSR count). The van der Waals surface area contributed by atoms with Crippen molar-refractivity contribution in [3.8, 4) is 0 Å². The smallest absolute Gasteiger partial charge is 0.410 e. The Hall–Kier alpha value is -1.32.